The first-order chi connectivity index (χ1) is 7.61. The van der Waals surface area contributed by atoms with Crippen LogP contribution in [-0.4, -0.2) is 5.78 Å². The van der Waals surface area contributed by atoms with E-state index in [0.717, 1.165) is 21.7 Å². The van der Waals surface area contributed by atoms with Gasteiger partial charge in [0.25, 0.3) is 0 Å². The number of aryl methyl sites for hydroxylation is 3. The highest BCUT2D eigenvalue weighted by Gasteiger charge is 2.15. The first-order valence-corrected chi connectivity index (χ1v) is 6.95. The first kappa shape index (κ1) is 11.6. The van der Waals surface area contributed by atoms with E-state index in [-0.39, 0.29) is 5.78 Å². The maximum atomic E-state index is 12.2. The van der Waals surface area contributed by atoms with Crippen LogP contribution in [0.1, 0.15) is 36.8 Å². The predicted octanol–water partition coefficient (Wildman–Crippen LogP) is 4.22. The fraction of sp³-hybridized carbons (Fsp3) is 0.308. The van der Waals surface area contributed by atoms with Crippen molar-refractivity contribution in [3.8, 4) is 0 Å². The zero-order valence-corrected chi connectivity index (χ0v) is 11.3. The van der Waals surface area contributed by atoms with Crippen molar-refractivity contribution in [2.45, 2.75) is 27.2 Å². The van der Waals surface area contributed by atoms with Crippen LogP contribution in [0.3, 0.4) is 0 Å². The van der Waals surface area contributed by atoms with Crippen LogP contribution >= 0.6 is 22.7 Å². The Labute approximate surface area is 104 Å². The first-order valence-electron chi connectivity index (χ1n) is 5.32. The summed E-state index contributed by atoms with van der Waals surface area (Å²) in [6, 6.07) is 5.98. The Bertz CT molecular complexity index is 520. The molecule has 0 saturated carbocycles. The Balaban J connectivity index is 2.35. The number of carbonyl (C=O) groups excluding carboxylic acids is 1. The molecule has 2 heterocycles. The smallest absolute Gasteiger partial charge is 0.204 e. The molecule has 2 rings (SSSR count). The maximum Gasteiger partial charge on any atom is 0.204 e. The highest BCUT2D eigenvalue weighted by atomic mass is 32.1. The Morgan fingerprint density at radius 2 is 2.00 bits per heavy atom. The van der Waals surface area contributed by atoms with E-state index >= 15 is 0 Å². The van der Waals surface area contributed by atoms with Gasteiger partial charge < -0.3 is 0 Å². The standard InChI is InChI=1S/C13H14OS2/c1-4-10-5-6-12(16-10)13(14)11-7-8(2)15-9(11)3/h5-7H,4H2,1-3H3. The van der Waals surface area contributed by atoms with Crippen LogP contribution in [0.15, 0.2) is 18.2 Å². The largest absolute Gasteiger partial charge is 0.288 e. The summed E-state index contributed by atoms with van der Waals surface area (Å²) < 4.78 is 0. The van der Waals surface area contributed by atoms with Crippen molar-refractivity contribution in [3.05, 3.63) is 43.3 Å². The molecule has 0 spiro atoms. The SMILES string of the molecule is CCc1ccc(C(=O)c2cc(C)sc2C)s1. The molecule has 0 amide bonds. The Morgan fingerprint density at radius 3 is 2.50 bits per heavy atom. The molecule has 0 saturated heterocycles. The Kier molecular flexibility index (Phi) is 3.26. The number of thiophene rings is 2. The molecule has 0 aromatic carbocycles. The monoisotopic (exact) mass is 250 g/mol. The van der Waals surface area contributed by atoms with E-state index in [0.29, 0.717) is 0 Å². The Hall–Kier alpha value is -0.930. The fourth-order valence-corrected chi connectivity index (χ4v) is 3.50. The summed E-state index contributed by atoms with van der Waals surface area (Å²) in [4.78, 5) is 16.7. The van der Waals surface area contributed by atoms with Crippen molar-refractivity contribution in [2.24, 2.45) is 0 Å². The maximum absolute atomic E-state index is 12.2. The third-order valence-electron chi connectivity index (χ3n) is 2.52. The molecule has 16 heavy (non-hydrogen) atoms. The molecule has 0 unspecified atom stereocenters. The predicted molar refractivity (Wildman–Crippen MR) is 70.9 cm³/mol. The number of hydrogen-bond donors (Lipinski definition) is 0. The van der Waals surface area contributed by atoms with E-state index in [1.165, 1.54) is 9.75 Å². The molecule has 3 heteroatoms. The summed E-state index contributed by atoms with van der Waals surface area (Å²) in [6.45, 7) is 6.17. The van der Waals surface area contributed by atoms with Crippen molar-refractivity contribution in [2.75, 3.05) is 0 Å². The minimum atomic E-state index is 0.173. The van der Waals surface area contributed by atoms with Gasteiger partial charge in [-0.25, -0.2) is 0 Å². The van der Waals surface area contributed by atoms with Gasteiger partial charge >= 0.3 is 0 Å². The lowest BCUT2D eigenvalue weighted by atomic mass is 10.1. The van der Waals surface area contributed by atoms with E-state index in [2.05, 4.69) is 6.92 Å². The molecule has 0 aliphatic heterocycles. The molecule has 84 valence electrons. The van der Waals surface area contributed by atoms with Gasteiger partial charge in [0.05, 0.1) is 4.88 Å². The quantitative estimate of drug-likeness (QED) is 0.745. The summed E-state index contributed by atoms with van der Waals surface area (Å²) in [5.41, 5.74) is 0.868. The van der Waals surface area contributed by atoms with E-state index < -0.39 is 0 Å². The minimum Gasteiger partial charge on any atom is -0.288 e. The second-order valence-corrected chi connectivity index (χ2v) is 6.40. The van der Waals surface area contributed by atoms with Crippen molar-refractivity contribution < 1.29 is 4.79 Å². The third-order valence-corrected chi connectivity index (χ3v) is 4.71. The van der Waals surface area contributed by atoms with Gasteiger partial charge in [0.2, 0.25) is 5.78 Å². The van der Waals surface area contributed by atoms with E-state index in [1.807, 2.05) is 32.0 Å². The molecule has 2 aromatic heterocycles. The molecular formula is C13H14OS2. The van der Waals surface area contributed by atoms with Crippen LogP contribution in [-0.2, 0) is 6.42 Å². The molecule has 0 fully saturated rings. The lowest BCUT2D eigenvalue weighted by Crippen LogP contribution is -1.97. The van der Waals surface area contributed by atoms with Gasteiger partial charge in [-0.2, -0.15) is 0 Å². The van der Waals surface area contributed by atoms with E-state index in [4.69, 9.17) is 0 Å². The fourth-order valence-electron chi connectivity index (χ4n) is 1.68. The second-order valence-electron chi connectivity index (χ2n) is 3.78. The number of rotatable bonds is 3. The molecule has 0 aliphatic carbocycles. The van der Waals surface area contributed by atoms with E-state index in [1.54, 1.807) is 22.7 Å². The molecule has 0 aliphatic rings. The van der Waals surface area contributed by atoms with Crippen LogP contribution in [0.5, 0.6) is 0 Å². The van der Waals surface area contributed by atoms with Crippen LogP contribution in [0.25, 0.3) is 0 Å². The van der Waals surface area contributed by atoms with Gasteiger partial charge in [-0.05, 0) is 38.5 Å². The number of hydrogen-bond acceptors (Lipinski definition) is 3. The molecule has 2 aromatic rings. The van der Waals surface area contributed by atoms with Gasteiger partial charge in [-0.1, -0.05) is 6.92 Å². The lowest BCUT2D eigenvalue weighted by Gasteiger charge is -1.95. The lowest BCUT2D eigenvalue weighted by molar-refractivity contribution is 0.104. The summed E-state index contributed by atoms with van der Waals surface area (Å²) in [6.07, 6.45) is 1.000. The summed E-state index contributed by atoms with van der Waals surface area (Å²) in [5.74, 6) is 0.173. The van der Waals surface area contributed by atoms with Gasteiger partial charge in [0.1, 0.15) is 0 Å². The molecule has 0 N–H and O–H groups in total. The Morgan fingerprint density at radius 1 is 1.25 bits per heavy atom. The van der Waals surface area contributed by atoms with E-state index in [9.17, 15) is 4.79 Å². The average Bonchev–Trinajstić information content (AvgIpc) is 2.84. The zero-order valence-electron chi connectivity index (χ0n) is 9.66. The zero-order chi connectivity index (χ0) is 11.7. The van der Waals surface area contributed by atoms with Crippen molar-refractivity contribution in [1.82, 2.24) is 0 Å². The third kappa shape index (κ3) is 2.11. The topological polar surface area (TPSA) is 17.1 Å². The number of carbonyl (C=O) groups is 1. The molecule has 0 atom stereocenters. The van der Waals surface area contributed by atoms with Crippen molar-refractivity contribution >= 4 is 28.5 Å². The molecular weight excluding hydrogens is 236 g/mol. The molecule has 0 radical (unpaired) electrons. The summed E-state index contributed by atoms with van der Waals surface area (Å²) in [7, 11) is 0. The van der Waals surface area contributed by atoms with Gasteiger partial charge in [-0.15, -0.1) is 22.7 Å². The van der Waals surface area contributed by atoms with Crippen LogP contribution < -0.4 is 0 Å². The summed E-state index contributed by atoms with van der Waals surface area (Å²) in [5, 5.41) is 0. The normalized spacial score (nSPS) is 10.7. The van der Waals surface area contributed by atoms with Crippen LogP contribution in [0, 0.1) is 13.8 Å². The van der Waals surface area contributed by atoms with Crippen LogP contribution in [0.4, 0.5) is 0 Å². The average molecular weight is 250 g/mol. The number of ketones is 1. The van der Waals surface area contributed by atoms with Gasteiger partial charge in [0, 0.05) is 20.2 Å². The molecule has 0 bridgehead atoms. The summed E-state index contributed by atoms with van der Waals surface area (Å²) >= 11 is 3.30. The van der Waals surface area contributed by atoms with Gasteiger partial charge in [-0.3, -0.25) is 4.79 Å². The van der Waals surface area contributed by atoms with Gasteiger partial charge in [0.15, 0.2) is 0 Å². The highest BCUT2D eigenvalue weighted by molar-refractivity contribution is 7.14. The highest BCUT2D eigenvalue weighted by Crippen LogP contribution is 2.26. The van der Waals surface area contributed by atoms with Crippen molar-refractivity contribution in [1.29, 1.82) is 0 Å². The minimum absolute atomic E-state index is 0.173. The van der Waals surface area contributed by atoms with Crippen molar-refractivity contribution in [3.63, 3.8) is 0 Å². The second kappa shape index (κ2) is 4.52. The van der Waals surface area contributed by atoms with Crippen LogP contribution in [0.2, 0.25) is 0 Å². The molecule has 1 nitrogen and oxygen atoms in total.